The topological polar surface area (TPSA) is 83.5 Å². The van der Waals surface area contributed by atoms with Gasteiger partial charge in [-0.2, -0.15) is 4.31 Å². The molecule has 8 heteroatoms. The molecule has 5 rings (SSSR count). The number of amides is 1. The third kappa shape index (κ3) is 4.41. The molecule has 1 saturated heterocycles. The summed E-state index contributed by atoms with van der Waals surface area (Å²) in [4.78, 5) is 23.6. The fourth-order valence-corrected chi connectivity index (χ4v) is 5.98. The van der Waals surface area contributed by atoms with E-state index in [4.69, 9.17) is 0 Å². The molecule has 0 bridgehead atoms. The molecule has 0 saturated carbocycles. The maximum Gasteiger partial charge on any atom is 0.257 e. The molecule has 1 aliphatic carbocycles. The summed E-state index contributed by atoms with van der Waals surface area (Å²) >= 11 is 0. The van der Waals surface area contributed by atoms with Crippen molar-refractivity contribution >= 4 is 15.9 Å². The minimum absolute atomic E-state index is 0.180. The number of nitrogens with zero attached hydrogens (tertiary/aromatic N) is 4. The Labute approximate surface area is 194 Å². The van der Waals surface area contributed by atoms with E-state index in [0.29, 0.717) is 29.4 Å². The Morgan fingerprint density at radius 2 is 1.48 bits per heavy atom. The molecule has 3 aromatic rings. The van der Waals surface area contributed by atoms with Crippen molar-refractivity contribution in [3.63, 3.8) is 0 Å². The van der Waals surface area contributed by atoms with E-state index in [-0.39, 0.29) is 19.0 Å². The van der Waals surface area contributed by atoms with Crippen molar-refractivity contribution in [1.82, 2.24) is 19.2 Å². The van der Waals surface area contributed by atoms with Gasteiger partial charge < -0.3 is 4.90 Å². The summed E-state index contributed by atoms with van der Waals surface area (Å²) < 4.78 is 27.9. The average Bonchev–Trinajstić information content (AvgIpc) is 2.88. The number of carbonyl (C=O) groups is 1. The molecule has 0 spiro atoms. The predicted octanol–water partition coefficient (Wildman–Crippen LogP) is 3.17. The standard InChI is InChI=1S/C25H26N4O3S/c30-25(22-17-26-24(27-18-22)20-7-2-1-3-8-20)28-12-14-29(15-13-28)33(31,32)23-11-10-19-6-4-5-9-21(19)16-23/h1-3,7-8,10-11,16-18H,4-6,9,12-15H2. The molecule has 1 fully saturated rings. The van der Waals surface area contributed by atoms with E-state index in [9.17, 15) is 13.2 Å². The van der Waals surface area contributed by atoms with Gasteiger partial charge in [-0.15, -0.1) is 0 Å². The van der Waals surface area contributed by atoms with Crippen LogP contribution in [0.1, 0.15) is 34.3 Å². The first kappa shape index (κ1) is 21.7. The molecule has 0 atom stereocenters. The lowest BCUT2D eigenvalue weighted by atomic mass is 9.92. The van der Waals surface area contributed by atoms with Crippen LogP contribution in [0.2, 0.25) is 0 Å². The summed E-state index contributed by atoms with van der Waals surface area (Å²) in [5.41, 5.74) is 3.70. The monoisotopic (exact) mass is 462 g/mol. The van der Waals surface area contributed by atoms with E-state index >= 15 is 0 Å². The fourth-order valence-electron chi connectivity index (χ4n) is 4.51. The normalized spacial score (nSPS) is 16.9. The number of piperazine rings is 1. The first-order valence-corrected chi connectivity index (χ1v) is 12.7. The summed E-state index contributed by atoms with van der Waals surface area (Å²) in [6.45, 7) is 1.22. The van der Waals surface area contributed by atoms with Crippen molar-refractivity contribution in [2.24, 2.45) is 0 Å². The first-order valence-electron chi connectivity index (χ1n) is 11.3. The van der Waals surface area contributed by atoms with Crippen LogP contribution in [0.15, 0.2) is 65.8 Å². The van der Waals surface area contributed by atoms with Gasteiger partial charge in [0, 0.05) is 44.1 Å². The zero-order valence-corrected chi connectivity index (χ0v) is 19.2. The number of sulfonamides is 1. The molecule has 2 heterocycles. The van der Waals surface area contributed by atoms with Gasteiger partial charge in [-0.3, -0.25) is 4.79 Å². The van der Waals surface area contributed by atoms with Gasteiger partial charge in [0.1, 0.15) is 0 Å². The molecule has 1 aliphatic heterocycles. The lowest BCUT2D eigenvalue weighted by Crippen LogP contribution is -2.50. The lowest BCUT2D eigenvalue weighted by Gasteiger charge is -2.34. The second-order valence-corrected chi connectivity index (χ2v) is 10.4. The van der Waals surface area contributed by atoms with Crippen LogP contribution in [0.25, 0.3) is 11.4 Å². The molecule has 2 aliphatic rings. The van der Waals surface area contributed by atoms with E-state index in [1.54, 1.807) is 11.0 Å². The van der Waals surface area contributed by atoms with Gasteiger partial charge in [-0.25, -0.2) is 18.4 Å². The molecular weight excluding hydrogens is 436 g/mol. The van der Waals surface area contributed by atoms with Crippen molar-refractivity contribution in [2.45, 2.75) is 30.6 Å². The Morgan fingerprint density at radius 3 is 2.18 bits per heavy atom. The quantitative estimate of drug-likeness (QED) is 0.595. The van der Waals surface area contributed by atoms with Crippen LogP contribution in [0.4, 0.5) is 0 Å². The van der Waals surface area contributed by atoms with Gasteiger partial charge in [0.2, 0.25) is 10.0 Å². The SMILES string of the molecule is O=C(c1cnc(-c2ccccc2)nc1)N1CCN(S(=O)(=O)c2ccc3c(c2)CCCC3)CC1. The van der Waals surface area contributed by atoms with Crippen molar-refractivity contribution in [3.8, 4) is 11.4 Å². The highest BCUT2D eigenvalue weighted by atomic mass is 32.2. The fraction of sp³-hybridized carbons (Fsp3) is 0.320. The largest absolute Gasteiger partial charge is 0.336 e. The Bertz CT molecular complexity index is 1250. The maximum absolute atomic E-state index is 13.2. The number of fused-ring (bicyclic) bond motifs is 1. The Morgan fingerprint density at radius 1 is 0.818 bits per heavy atom. The second kappa shape index (κ2) is 9.03. The third-order valence-electron chi connectivity index (χ3n) is 6.41. The number of aryl methyl sites for hydroxylation is 2. The van der Waals surface area contributed by atoms with Gasteiger partial charge in [-0.05, 0) is 48.9 Å². The highest BCUT2D eigenvalue weighted by molar-refractivity contribution is 7.89. The number of benzene rings is 2. The molecule has 1 aromatic heterocycles. The van der Waals surface area contributed by atoms with E-state index < -0.39 is 10.0 Å². The van der Waals surface area contributed by atoms with Gasteiger partial charge >= 0.3 is 0 Å². The van der Waals surface area contributed by atoms with Crippen LogP contribution in [0, 0.1) is 0 Å². The summed E-state index contributed by atoms with van der Waals surface area (Å²) in [7, 11) is -3.57. The number of carbonyl (C=O) groups excluding carboxylic acids is 1. The number of hydrogen-bond donors (Lipinski definition) is 0. The number of hydrogen-bond acceptors (Lipinski definition) is 5. The van der Waals surface area contributed by atoms with E-state index in [0.717, 1.165) is 36.8 Å². The van der Waals surface area contributed by atoms with Crippen LogP contribution in [-0.2, 0) is 22.9 Å². The number of rotatable bonds is 4. The van der Waals surface area contributed by atoms with Crippen LogP contribution in [0.3, 0.4) is 0 Å². The van der Waals surface area contributed by atoms with Crippen LogP contribution in [-0.4, -0.2) is 59.7 Å². The van der Waals surface area contributed by atoms with Crippen molar-refractivity contribution in [1.29, 1.82) is 0 Å². The van der Waals surface area contributed by atoms with Gasteiger partial charge in [-0.1, -0.05) is 36.4 Å². The molecular formula is C25H26N4O3S. The predicted molar refractivity (Wildman–Crippen MR) is 125 cm³/mol. The van der Waals surface area contributed by atoms with Gasteiger partial charge in [0.05, 0.1) is 10.5 Å². The third-order valence-corrected chi connectivity index (χ3v) is 8.31. The van der Waals surface area contributed by atoms with Gasteiger partial charge in [0.25, 0.3) is 5.91 Å². The van der Waals surface area contributed by atoms with Gasteiger partial charge in [0.15, 0.2) is 5.82 Å². The molecule has 7 nitrogen and oxygen atoms in total. The van der Waals surface area contributed by atoms with Crippen LogP contribution < -0.4 is 0 Å². The van der Waals surface area contributed by atoms with Crippen LogP contribution in [0.5, 0.6) is 0 Å². The molecule has 0 unspecified atom stereocenters. The summed E-state index contributed by atoms with van der Waals surface area (Å²) in [5.74, 6) is 0.383. The molecule has 0 N–H and O–H groups in total. The highest BCUT2D eigenvalue weighted by Gasteiger charge is 2.31. The van der Waals surface area contributed by atoms with E-state index in [2.05, 4.69) is 9.97 Å². The van der Waals surface area contributed by atoms with Crippen molar-refractivity contribution in [2.75, 3.05) is 26.2 Å². The second-order valence-electron chi connectivity index (χ2n) is 8.50. The highest BCUT2D eigenvalue weighted by Crippen LogP contribution is 2.26. The zero-order chi connectivity index (χ0) is 22.8. The molecule has 170 valence electrons. The van der Waals surface area contributed by atoms with Crippen molar-refractivity contribution in [3.05, 3.63) is 77.6 Å². The minimum atomic E-state index is -3.57. The average molecular weight is 463 g/mol. The van der Waals surface area contributed by atoms with Crippen LogP contribution >= 0.6 is 0 Å². The smallest absolute Gasteiger partial charge is 0.257 e. The summed E-state index contributed by atoms with van der Waals surface area (Å²) in [6, 6.07) is 15.1. The zero-order valence-electron chi connectivity index (χ0n) is 18.4. The molecule has 1 amide bonds. The van der Waals surface area contributed by atoms with Crippen molar-refractivity contribution < 1.29 is 13.2 Å². The Balaban J connectivity index is 1.24. The minimum Gasteiger partial charge on any atom is -0.336 e. The lowest BCUT2D eigenvalue weighted by molar-refractivity contribution is 0.0697. The molecule has 2 aromatic carbocycles. The van der Waals surface area contributed by atoms with E-state index in [1.807, 2.05) is 42.5 Å². The molecule has 0 radical (unpaired) electrons. The Hall–Kier alpha value is -3.10. The molecule has 33 heavy (non-hydrogen) atoms. The summed E-state index contributed by atoms with van der Waals surface area (Å²) in [5, 5.41) is 0. The first-order chi connectivity index (χ1) is 16.0. The number of aromatic nitrogens is 2. The Kier molecular flexibility index (Phi) is 5.95. The summed E-state index contributed by atoms with van der Waals surface area (Å²) in [6.07, 6.45) is 7.29. The maximum atomic E-state index is 13.2. The van der Waals surface area contributed by atoms with E-state index in [1.165, 1.54) is 22.3 Å².